The number of rotatable bonds is 4. The van der Waals surface area contributed by atoms with Crippen molar-refractivity contribution in [3.63, 3.8) is 0 Å². The van der Waals surface area contributed by atoms with Gasteiger partial charge in [0.1, 0.15) is 17.7 Å². The van der Waals surface area contributed by atoms with Crippen LogP contribution in [0.25, 0.3) is 11.2 Å². The Morgan fingerprint density at radius 1 is 1.31 bits per heavy atom. The van der Waals surface area contributed by atoms with Gasteiger partial charge in [0.2, 0.25) is 5.82 Å². The molecule has 0 aromatic carbocycles. The van der Waals surface area contributed by atoms with Gasteiger partial charge in [0.05, 0.1) is 13.4 Å². The molecule has 3 aliphatic rings. The zero-order valence-electron chi connectivity index (χ0n) is 23.4. The van der Waals surface area contributed by atoms with Crippen LogP contribution in [0.15, 0.2) is 6.33 Å². The van der Waals surface area contributed by atoms with Crippen LogP contribution in [0.5, 0.6) is 0 Å². The highest BCUT2D eigenvalue weighted by Gasteiger charge is 2.48. The van der Waals surface area contributed by atoms with Crippen molar-refractivity contribution in [2.24, 2.45) is 5.92 Å². The van der Waals surface area contributed by atoms with Crippen LogP contribution in [-0.2, 0) is 14.3 Å². The molecule has 5 rings (SSSR count). The van der Waals surface area contributed by atoms with E-state index >= 15 is 0 Å². The van der Waals surface area contributed by atoms with Gasteiger partial charge < -0.3 is 35.6 Å². The molecule has 2 aliphatic heterocycles. The molecule has 1 saturated carbocycles. The lowest BCUT2D eigenvalue weighted by molar-refractivity contribution is -0.137. The Kier molecular flexibility index (Phi) is 5.40. The van der Waals surface area contributed by atoms with E-state index < -0.39 is 49.2 Å². The van der Waals surface area contributed by atoms with E-state index in [2.05, 4.69) is 32.1 Å². The number of carbonyl (C=O) groups is 2. The van der Waals surface area contributed by atoms with Crippen LogP contribution in [0, 0.1) is 17.8 Å². The molecule has 2 saturated heterocycles. The maximum absolute atomic E-state index is 12.7. The van der Waals surface area contributed by atoms with Crippen LogP contribution < -0.4 is 11.1 Å². The second-order valence-electron chi connectivity index (χ2n) is 8.82. The third-order valence-electron chi connectivity index (χ3n) is 6.43. The highest BCUT2D eigenvalue weighted by molar-refractivity contribution is 5.83. The number of carbonyl (C=O) groups excluding carboxylic acids is 2. The summed E-state index contributed by atoms with van der Waals surface area (Å²) in [6.07, 6.45) is -7.70. The lowest BCUT2D eigenvalue weighted by atomic mass is 9.94. The van der Waals surface area contributed by atoms with Gasteiger partial charge in [0, 0.05) is 31.0 Å². The van der Waals surface area contributed by atoms with Gasteiger partial charge in [-0.1, -0.05) is 5.92 Å². The maximum atomic E-state index is 12.7. The third kappa shape index (κ3) is 4.79. The number of anilines is 1. The number of nitrogens with two attached hydrogens (primary N) is 1. The molecule has 13 heteroatoms. The monoisotopic (exact) mass is 503 g/mol. The highest BCUT2D eigenvalue weighted by Crippen LogP contribution is 2.33. The molecule has 2 amide bonds. The van der Waals surface area contributed by atoms with Crippen molar-refractivity contribution in [2.75, 3.05) is 25.9 Å². The predicted octanol–water partition coefficient (Wildman–Crippen LogP) is -0.474. The number of aliphatic hydroxyl groups is 2. The summed E-state index contributed by atoms with van der Waals surface area (Å²) in [6.45, 7) is 1.17. The molecule has 0 bridgehead atoms. The minimum absolute atomic E-state index is 0.0277. The summed E-state index contributed by atoms with van der Waals surface area (Å²) in [5.41, 5.74) is 6.40. The molecule has 2 aromatic rings. The van der Waals surface area contributed by atoms with Crippen LogP contribution >= 0.6 is 0 Å². The molecular formula is C23H29N7O6. The van der Waals surface area contributed by atoms with Gasteiger partial charge in [-0.15, -0.1) is 0 Å². The summed E-state index contributed by atoms with van der Waals surface area (Å²) in [4.78, 5) is 38.7. The van der Waals surface area contributed by atoms with E-state index in [1.54, 1.807) is 4.90 Å². The van der Waals surface area contributed by atoms with E-state index in [0.717, 1.165) is 12.8 Å². The van der Waals surface area contributed by atoms with E-state index in [1.165, 1.54) is 18.0 Å². The van der Waals surface area contributed by atoms with Gasteiger partial charge in [0.25, 0.3) is 5.91 Å². The lowest BCUT2D eigenvalue weighted by Crippen LogP contribution is -2.43. The average Bonchev–Trinajstić information content (AvgIpc) is 3.28. The number of piperidine rings is 1. The molecule has 192 valence electrons. The fourth-order valence-corrected chi connectivity index (χ4v) is 4.35. The van der Waals surface area contributed by atoms with Gasteiger partial charge in [0.15, 0.2) is 23.8 Å². The van der Waals surface area contributed by atoms with Crippen LogP contribution in [0.4, 0.5) is 10.6 Å². The van der Waals surface area contributed by atoms with E-state index in [4.69, 9.17) is 20.7 Å². The number of aliphatic hydroxyl groups excluding tert-OH is 2. The molecule has 0 unspecified atom stereocenters. The molecule has 0 radical (unpaired) electrons. The molecule has 0 spiro atoms. The Labute approximate surface area is 212 Å². The van der Waals surface area contributed by atoms with Crippen molar-refractivity contribution in [1.29, 1.82) is 0 Å². The van der Waals surface area contributed by atoms with Gasteiger partial charge in [-0.2, -0.15) is 0 Å². The number of methoxy groups -OCH3 is 1. The van der Waals surface area contributed by atoms with Crippen molar-refractivity contribution in [3.8, 4) is 11.8 Å². The van der Waals surface area contributed by atoms with E-state index in [9.17, 15) is 19.8 Å². The molecule has 36 heavy (non-hydrogen) atoms. The second-order valence-corrected chi connectivity index (χ2v) is 8.82. The number of hydrogen-bond donors (Lipinski definition) is 4. The Morgan fingerprint density at radius 3 is 2.75 bits per heavy atom. The molecule has 5 N–H and O–H groups in total. The predicted molar refractivity (Wildman–Crippen MR) is 125 cm³/mol. The second kappa shape index (κ2) is 9.88. The average molecular weight is 504 g/mol. The molecule has 4 atom stereocenters. The van der Waals surface area contributed by atoms with Gasteiger partial charge >= 0.3 is 6.09 Å². The summed E-state index contributed by atoms with van der Waals surface area (Å²) in [6, 6.07) is -1.41. The SMILES string of the molecule is [2H]C1([2H])C(NC(=O)[C@H]2O[C@@H](n3cnc4c(N)nc(C#CCC5CCN(C(=O)OC)CC5)nc43)[C@H](O)[C@@H]2O)C1([2H])[2H]. The Bertz CT molecular complexity index is 1370. The van der Waals surface area contributed by atoms with E-state index in [-0.39, 0.29) is 34.8 Å². The van der Waals surface area contributed by atoms with Crippen molar-refractivity contribution in [1.82, 2.24) is 29.7 Å². The maximum Gasteiger partial charge on any atom is 0.409 e. The standard InChI is InChI=1S/C23H29N7O6/c1-35-23(34)29-9-7-12(8-10-29)3-2-4-14-27-19(24)15-20(28-14)30(11-25-15)22-17(32)16(31)18(36-22)21(33)26-13-5-6-13/h11-13,16-18,22,31-32H,3,5-10H2,1H3,(H,26,33)(H2,24,27,28)/t16-,17+,18-,22+/m0/s1/i5D2,6D2. The fourth-order valence-electron chi connectivity index (χ4n) is 4.35. The number of nitrogens with zero attached hydrogens (tertiary/aromatic N) is 5. The largest absolute Gasteiger partial charge is 0.453 e. The number of hydrogen-bond acceptors (Lipinski definition) is 10. The summed E-state index contributed by atoms with van der Waals surface area (Å²) in [5.74, 6) is 5.37. The van der Waals surface area contributed by atoms with Crippen molar-refractivity contribution in [2.45, 2.75) is 62.6 Å². The minimum atomic E-state index is -2.27. The van der Waals surface area contributed by atoms with Gasteiger partial charge in [-0.3, -0.25) is 9.36 Å². The van der Waals surface area contributed by atoms with Crippen molar-refractivity contribution < 1.29 is 34.8 Å². The Hall–Kier alpha value is -3.47. The van der Waals surface area contributed by atoms with Crippen LogP contribution in [0.2, 0.25) is 0 Å². The third-order valence-corrected chi connectivity index (χ3v) is 6.43. The molecular weight excluding hydrogens is 470 g/mol. The smallest absolute Gasteiger partial charge is 0.409 e. The zero-order valence-corrected chi connectivity index (χ0v) is 19.4. The number of likely N-dealkylation sites (tertiary alicyclic amines) is 1. The van der Waals surface area contributed by atoms with Crippen molar-refractivity contribution in [3.05, 3.63) is 12.2 Å². The van der Waals surface area contributed by atoms with Crippen LogP contribution in [0.3, 0.4) is 0 Å². The summed E-state index contributed by atoms with van der Waals surface area (Å²) in [7, 11) is 1.35. The summed E-state index contributed by atoms with van der Waals surface area (Å²) in [5, 5.41) is 23.4. The molecule has 4 heterocycles. The normalized spacial score (nSPS) is 30.9. The Morgan fingerprint density at radius 2 is 2.06 bits per heavy atom. The number of amides is 2. The minimum Gasteiger partial charge on any atom is -0.453 e. The number of aromatic nitrogens is 4. The Balaban J connectivity index is 1.29. The van der Waals surface area contributed by atoms with Gasteiger partial charge in [-0.25, -0.2) is 19.7 Å². The van der Waals surface area contributed by atoms with Crippen LogP contribution in [0.1, 0.15) is 49.5 Å². The number of ether oxygens (including phenoxy) is 2. The molecule has 1 aliphatic carbocycles. The summed E-state index contributed by atoms with van der Waals surface area (Å²) < 4.78 is 42.2. The molecule has 13 nitrogen and oxygen atoms in total. The summed E-state index contributed by atoms with van der Waals surface area (Å²) >= 11 is 0. The van der Waals surface area contributed by atoms with E-state index in [1.807, 2.05) is 0 Å². The number of imidazole rings is 1. The van der Waals surface area contributed by atoms with Gasteiger partial charge in [-0.05, 0) is 37.4 Å². The molecule has 2 aromatic heterocycles. The lowest BCUT2D eigenvalue weighted by Gasteiger charge is -2.29. The first kappa shape index (κ1) is 19.7. The number of nitrogen functional groups attached to an aromatic ring is 1. The topological polar surface area (TPSA) is 178 Å². The zero-order chi connectivity index (χ0) is 29.0. The van der Waals surface area contributed by atoms with E-state index in [0.29, 0.717) is 19.5 Å². The fraction of sp³-hybridized carbons (Fsp3) is 0.609. The van der Waals surface area contributed by atoms with Crippen molar-refractivity contribution >= 4 is 29.0 Å². The first-order chi connectivity index (χ1) is 18.9. The molecule has 3 fully saturated rings. The first-order valence-electron chi connectivity index (χ1n) is 13.5. The highest BCUT2D eigenvalue weighted by atomic mass is 16.6. The number of fused-ring (bicyclic) bond motifs is 1. The number of nitrogens with one attached hydrogen (secondary N) is 1. The quantitative estimate of drug-likeness (QED) is 0.399. The first-order valence-corrected chi connectivity index (χ1v) is 11.5. The van der Waals surface area contributed by atoms with Crippen LogP contribution in [-0.4, -0.2) is 91.2 Å².